The van der Waals surface area contributed by atoms with E-state index >= 15 is 0 Å². The van der Waals surface area contributed by atoms with E-state index in [0.29, 0.717) is 12.2 Å². The van der Waals surface area contributed by atoms with Gasteiger partial charge < -0.3 is 15.5 Å². The zero-order chi connectivity index (χ0) is 17.5. The summed E-state index contributed by atoms with van der Waals surface area (Å²) in [6.07, 6.45) is 2.17. The van der Waals surface area contributed by atoms with Crippen LogP contribution in [0.3, 0.4) is 0 Å². The van der Waals surface area contributed by atoms with Crippen molar-refractivity contribution in [2.75, 3.05) is 28.6 Å². The Hall–Kier alpha value is -2.56. The summed E-state index contributed by atoms with van der Waals surface area (Å²) in [6.45, 7) is 10.2. The number of aryl methyl sites for hydroxylation is 1. The third-order valence-corrected chi connectivity index (χ3v) is 3.97. The van der Waals surface area contributed by atoms with E-state index in [1.54, 1.807) is 12.3 Å². The van der Waals surface area contributed by atoms with Crippen molar-refractivity contribution in [2.45, 2.75) is 34.1 Å². The molecule has 128 valence electrons. The molecular weight excluding hydrogens is 300 g/mol. The van der Waals surface area contributed by atoms with Gasteiger partial charge in [-0.2, -0.15) is 0 Å². The van der Waals surface area contributed by atoms with Gasteiger partial charge in [0, 0.05) is 30.9 Å². The third kappa shape index (κ3) is 4.47. The second-order valence-corrected chi connectivity index (χ2v) is 5.63. The summed E-state index contributed by atoms with van der Waals surface area (Å²) in [7, 11) is 0. The van der Waals surface area contributed by atoms with Gasteiger partial charge in [-0.15, -0.1) is 0 Å². The van der Waals surface area contributed by atoms with Gasteiger partial charge in [0.15, 0.2) is 0 Å². The summed E-state index contributed by atoms with van der Waals surface area (Å²) in [6, 6.07) is 10.1. The Morgan fingerprint density at radius 3 is 2.42 bits per heavy atom. The molecule has 0 bridgehead atoms. The number of nitrogens with zero attached hydrogens (tertiary/aromatic N) is 2. The summed E-state index contributed by atoms with van der Waals surface area (Å²) in [5.41, 5.74) is 4.36. The molecule has 1 aromatic carbocycles. The first-order valence-corrected chi connectivity index (χ1v) is 8.45. The molecule has 5 heteroatoms. The van der Waals surface area contributed by atoms with Crippen molar-refractivity contribution < 1.29 is 4.79 Å². The first-order valence-electron chi connectivity index (χ1n) is 8.45. The van der Waals surface area contributed by atoms with Crippen LogP contribution in [0.5, 0.6) is 0 Å². The Morgan fingerprint density at radius 1 is 1.12 bits per heavy atom. The molecule has 0 unspecified atom stereocenters. The van der Waals surface area contributed by atoms with Gasteiger partial charge in [-0.05, 0) is 56.7 Å². The number of benzene rings is 1. The van der Waals surface area contributed by atoms with Crippen molar-refractivity contribution in [1.29, 1.82) is 0 Å². The number of aromatic nitrogens is 1. The SMILES string of the molecule is CCC(=O)Nc1ccc(Nc2ccc(N(CC)CC)cc2C)cn1. The molecule has 1 heterocycles. The topological polar surface area (TPSA) is 57.3 Å². The number of rotatable bonds is 7. The van der Waals surface area contributed by atoms with Crippen molar-refractivity contribution in [3.8, 4) is 0 Å². The minimum Gasteiger partial charge on any atom is -0.372 e. The maximum Gasteiger partial charge on any atom is 0.225 e. The smallest absolute Gasteiger partial charge is 0.225 e. The number of nitrogens with one attached hydrogen (secondary N) is 2. The Morgan fingerprint density at radius 2 is 1.88 bits per heavy atom. The van der Waals surface area contributed by atoms with Gasteiger partial charge in [-0.3, -0.25) is 4.79 Å². The summed E-state index contributed by atoms with van der Waals surface area (Å²) in [4.78, 5) is 18.0. The van der Waals surface area contributed by atoms with Gasteiger partial charge in [-0.1, -0.05) is 6.92 Å². The van der Waals surface area contributed by atoms with Crippen LogP contribution < -0.4 is 15.5 Å². The standard InChI is InChI=1S/C19H26N4O/c1-5-19(24)22-18-11-8-15(13-20-18)21-17-10-9-16(12-14(17)4)23(6-2)7-3/h8-13,21H,5-7H2,1-4H3,(H,20,22,24). The molecule has 0 aliphatic rings. The predicted octanol–water partition coefficient (Wildman–Crippen LogP) is 4.33. The van der Waals surface area contributed by atoms with Crippen molar-refractivity contribution in [3.63, 3.8) is 0 Å². The van der Waals surface area contributed by atoms with E-state index in [4.69, 9.17) is 0 Å². The quantitative estimate of drug-likeness (QED) is 0.795. The first kappa shape index (κ1) is 17.8. The number of anilines is 4. The highest BCUT2D eigenvalue weighted by atomic mass is 16.1. The molecule has 0 fully saturated rings. The van der Waals surface area contributed by atoms with Gasteiger partial charge in [0.1, 0.15) is 5.82 Å². The van der Waals surface area contributed by atoms with Crippen LogP contribution in [0.2, 0.25) is 0 Å². The fourth-order valence-corrected chi connectivity index (χ4v) is 2.50. The number of carbonyl (C=O) groups is 1. The van der Waals surface area contributed by atoms with Crippen LogP contribution in [0.25, 0.3) is 0 Å². The van der Waals surface area contributed by atoms with E-state index < -0.39 is 0 Å². The Balaban J connectivity index is 2.09. The van der Waals surface area contributed by atoms with Crippen LogP contribution >= 0.6 is 0 Å². The average molecular weight is 326 g/mol. The molecule has 1 aromatic heterocycles. The second kappa shape index (κ2) is 8.34. The molecular formula is C19H26N4O. The summed E-state index contributed by atoms with van der Waals surface area (Å²) in [5.74, 6) is 0.534. The number of hydrogen-bond donors (Lipinski definition) is 2. The van der Waals surface area contributed by atoms with Crippen LogP contribution in [0, 0.1) is 6.92 Å². The molecule has 2 N–H and O–H groups in total. The lowest BCUT2D eigenvalue weighted by Crippen LogP contribution is -2.21. The monoisotopic (exact) mass is 326 g/mol. The molecule has 2 rings (SSSR count). The van der Waals surface area contributed by atoms with E-state index in [2.05, 4.69) is 59.5 Å². The van der Waals surface area contributed by atoms with Crippen LogP contribution in [-0.2, 0) is 4.79 Å². The predicted molar refractivity (Wildman–Crippen MR) is 101 cm³/mol. The molecule has 5 nitrogen and oxygen atoms in total. The zero-order valence-corrected chi connectivity index (χ0v) is 14.9. The largest absolute Gasteiger partial charge is 0.372 e. The molecule has 0 spiro atoms. The number of carbonyl (C=O) groups excluding carboxylic acids is 1. The van der Waals surface area contributed by atoms with Crippen molar-refractivity contribution in [1.82, 2.24) is 4.98 Å². The lowest BCUT2D eigenvalue weighted by Gasteiger charge is -2.22. The van der Waals surface area contributed by atoms with Gasteiger partial charge >= 0.3 is 0 Å². The van der Waals surface area contributed by atoms with Crippen LogP contribution in [0.15, 0.2) is 36.5 Å². The van der Waals surface area contributed by atoms with Crippen LogP contribution in [0.4, 0.5) is 22.9 Å². The van der Waals surface area contributed by atoms with Crippen molar-refractivity contribution in [2.24, 2.45) is 0 Å². The van der Waals surface area contributed by atoms with E-state index in [-0.39, 0.29) is 5.91 Å². The maximum atomic E-state index is 11.4. The molecule has 2 aromatic rings. The number of amides is 1. The zero-order valence-electron chi connectivity index (χ0n) is 14.9. The van der Waals surface area contributed by atoms with E-state index in [1.165, 1.54) is 11.3 Å². The molecule has 1 amide bonds. The highest BCUT2D eigenvalue weighted by molar-refractivity contribution is 5.89. The highest BCUT2D eigenvalue weighted by Crippen LogP contribution is 2.25. The summed E-state index contributed by atoms with van der Waals surface area (Å²) >= 11 is 0. The number of hydrogen-bond acceptors (Lipinski definition) is 4. The lowest BCUT2D eigenvalue weighted by molar-refractivity contribution is -0.115. The van der Waals surface area contributed by atoms with Gasteiger partial charge in [-0.25, -0.2) is 4.98 Å². The molecule has 0 atom stereocenters. The minimum atomic E-state index is -0.0361. The third-order valence-electron chi connectivity index (χ3n) is 3.97. The summed E-state index contributed by atoms with van der Waals surface area (Å²) in [5, 5.41) is 6.12. The number of pyridine rings is 1. The van der Waals surface area contributed by atoms with Gasteiger partial charge in [0.25, 0.3) is 0 Å². The normalized spacial score (nSPS) is 10.3. The van der Waals surface area contributed by atoms with Crippen LogP contribution in [0.1, 0.15) is 32.8 Å². The second-order valence-electron chi connectivity index (χ2n) is 5.63. The van der Waals surface area contributed by atoms with Crippen molar-refractivity contribution >= 4 is 28.8 Å². The highest BCUT2D eigenvalue weighted by Gasteiger charge is 2.06. The summed E-state index contributed by atoms with van der Waals surface area (Å²) < 4.78 is 0. The van der Waals surface area contributed by atoms with Crippen LogP contribution in [-0.4, -0.2) is 24.0 Å². The Kier molecular flexibility index (Phi) is 6.18. The average Bonchev–Trinajstić information content (AvgIpc) is 2.59. The maximum absolute atomic E-state index is 11.4. The Labute approximate surface area is 144 Å². The molecule has 0 saturated heterocycles. The molecule has 24 heavy (non-hydrogen) atoms. The lowest BCUT2D eigenvalue weighted by atomic mass is 10.1. The fourth-order valence-electron chi connectivity index (χ4n) is 2.50. The first-order chi connectivity index (χ1) is 11.6. The van der Waals surface area contributed by atoms with Crippen molar-refractivity contribution in [3.05, 3.63) is 42.1 Å². The van der Waals surface area contributed by atoms with Gasteiger partial charge in [0.2, 0.25) is 5.91 Å². The van der Waals surface area contributed by atoms with E-state index in [1.807, 2.05) is 13.0 Å². The van der Waals surface area contributed by atoms with E-state index in [9.17, 15) is 4.79 Å². The van der Waals surface area contributed by atoms with Gasteiger partial charge in [0.05, 0.1) is 11.9 Å². The molecule has 0 radical (unpaired) electrons. The molecule has 0 aliphatic heterocycles. The van der Waals surface area contributed by atoms with E-state index in [0.717, 1.165) is 24.5 Å². The molecule has 0 aliphatic carbocycles. The fraction of sp³-hybridized carbons (Fsp3) is 0.368. The molecule has 0 saturated carbocycles. The Bertz CT molecular complexity index is 678. The minimum absolute atomic E-state index is 0.0361.